The summed E-state index contributed by atoms with van der Waals surface area (Å²) in [6.07, 6.45) is 0. The van der Waals surface area contributed by atoms with E-state index in [-0.39, 0.29) is 0 Å². The second-order valence-corrected chi connectivity index (χ2v) is 10.8. The fraction of sp³-hybridized carbons (Fsp3) is 1.00. The predicted octanol–water partition coefficient (Wildman–Crippen LogP) is -7.67. The van der Waals surface area contributed by atoms with Crippen molar-refractivity contribution < 1.29 is 150 Å². The van der Waals surface area contributed by atoms with Gasteiger partial charge in [-0.2, -0.15) is 0 Å². The van der Waals surface area contributed by atoms with Crippen molar-refractivity contribution in [2.75, 3.05) is 21.3 Å². The molecule has 0 spiro atoms. The molecule has 0 aliphatic rings. The molecule has 266 valence electrons. The molecule has 31 nitrogen and oxygen atoms in total. The molecule has 0 aliphatic heterocycles. The van der Waals surface area contributed by atoms with Gasteiger partial charge in [0.1, 0.15) is 0 Å². The van der Waals surface area contributed by atoms with E-state index in [4.69, 9.17) is 150 Å². The first-order valence-electron chi connectivity index (χ1n) is 6.82. The maximum absolute atomic E-state index is 8.88. The summed E-state index contributed by atoms with van der Waals surface area (Å²) in [6.45, 7) is 0. The third-order valence-electron chi connectivity index (χ3n) is 0. The molecule has 0 fully saturated rings. The Kier molecular flexibility index (Phi) is 58.9. The smallest absolute Gasteiger partial charge is 0.400 e. The van der Waals surface area contributed by atoms with Crippen LogP contribution in [0.4, 0.5) is 0 Å². The normalized spacial score (nSPS) is 10.5. The maximum Gasteiger partial charge on any atom is 0.466 e. The number of hydrogen-bond acceptors (Lipinski definition) is 10. The average molecular weight is 782 g/mol. The van der Waals surface area contributed by atoms with Crippen molar-refractivity contribution in [2.45, 2.75) is 0 Å². The van der Waals surface area contributed by atoms with E-state index >= 15 is 0 Å². The number of aliphatic hydroxyl groups excluding tert-OH is 3. The lowest BCUT2D eigenvalue weighted by Crippen LogP contribution is -1.66. The van der Waals surface area contributed by atoms with Crippen LogP contribution in [-0.4, -0.2) is 139 Å². The average Bonchev–Trinajstić information content (AvgIpc) is 2.49. The van der Waals surface area contributed by atoms with Crippen LogP contribution in [0.2, 0.25) is 0 Å². The summed E-state index contributed by atoms with van der Waals surface area (Å²) in [5.41, 5.74) is 0. The van der Waals surface area contributed by atoms with Crippen molar-refractivity contribution in [1.82, 2.24) is 0 Å². The van der Waals surface area contributed by atoms with E-state index < -0.39 is 54.8 Å². The fourth-order valence-corrected chi connectivity index (χ4v) is 0. The quantitative estimate of drug-likeness (QED) is 0.101. The monoisotopic (exact) mass is 782 g/mol. The Bertz CT molecular complexity index is 561. The first-order chi connectivity index (χ1) is 17.0. The van der Waals surface area contributed by atoms with Crippen molar-refractivity contribution in [3.05, 3.63) is 0 Å². The predicted molar refractivity (Wildman–Crippen MR) is 124 cm³/mol. The molecule has 0 amide bonds. The van der Waals surface area contributed by atoms with Crippen molar-refractivity contribution in [3.63, 3.8) is 0 Å². The zero-order chi connectivity index (χ0) is 37.5. The van der Waals surface area contributed by atoms with Crippen LogP contribution in [-0.2, 0) is 32.0 Å². The molecule has 0 aromatic carbocycles. The summed E-state index contributed by atoms with van der Waals surface area (Å²) >= 11 is 0. The Morgan fingerprint density at radius 3 is 0.195 bits per heavy atom. The van der Waals surface area contributed by atoms with Gasteiger partial charge in [-0.05, 0) is 0 Å². The minimum Gasteiger partial charge on any atom is -0.400 e. The van der Waals surface area contributed by atoms with Crippen LogP contribution in [0, 0.1) is 0 Å². The number of aliphatic hydroxyl groups is 3. The van der Waals surface area contributed by atoms with E-state index in [1.807, 2.05) is 0 Å². The van der Waals surface area contributed by atoms with Crippen LogP contribution in [0.25, 0.3) is 0 Å². The minimum absolute atomic E-state index is 1.00. The Hall–Kier alpha value is 0.650. The van der Waals surface area contributed by atoms with Crippen LogP contribution in [0.1, 0.15) is 0 Å². The van der Waals surface area contributed by atoms with Gasteiger partial charge in [0, 0.05) is 21.3 Å². The Morgan fingerprint density at radius 2 is 0.195 bits per heavy atom. The van der Waals surface area contributed by atoms with Crippen LogP contribution in [0.3, 0.4) is 0 Å². The van der Waals surface area contributed by atoms with Crippen LogP contribution in [0.15, 0.2) is 0 Å². The standard InChI is InChI=1S/3CH4O.7H3O4P/c3*1-2;7*1-5(2,3)4/h3*2H,1H3;7*(H3,1,2,3,4). The number of phosphoric acid groups is 7. The first kappa shape index (κ1) is 68.7. The van der Waals surface area contributed by atoms with E-state index in [0.717, 1.165) is 21.3 Å². The topological polar surface area (TPSA) is 605 Å². The van der Waals surface area contributed by atoms with Crippen LogP contribution < -0.4 is 0 Å². The molecular weight excluding hydrogens is 749 g/mol. The molecule has 0 atom stereocenters. The molecule has 0 saturated heterocycles. The third kappa shape index (κ3) is 144000. The van der Waals surface area contributed by atoms with Gasteiger partial charge in [0.05, 0.1) is 0 Å². The highest BCUT2D eigenvalue weighted by molar-refractivity contribution is 7.46. The summed E-state index contributed by atoms with van der Waals surface area (Å²) < 4.78 is 62.2. The lowest BCUT2D eigenvalue weighted by Gasteiger charge is -1.82. The van der Waals surface area contributed by atoms with E-state index in [0.29, 0.717) is 0 Å². The molecule has 0 aromatic heterocycles. The van der Waals surface area contributed by atoms with Crippen molar-refractivity contribution in [2.24, 2.45) is 0 Å². The summed E-state index contributed by atoms with van der Waals surface area (Å²) in [7, 11) is -29.5. The van der Waals surface area contributed by atoms with Gasteiger partial charge in [-0.1, -0.05) is 0 Å². The van der Waals surface area contributed by atoms with E-state index in [1.165, 1.54) is 0 Å². The minimum atomic E-state index is -4.64. The molecule has 41 heavy (non-hydrogen) atoms. The molecule has 0 rings (SSSR count). The molecular formula is C3H33O31P7. The van der Waals surface area contributed by atoms with E-state index in [2.05, 4.69) is 0 Å². The second-order valence-electron chi connectivity index (χ2n) is 3.59. The highest BCUT2D eigenvalue weighted by Crippen LogP contribution is 2.28. The largest absolute Gasteiger partial charge is 0.466 e. The molecule has 0 aliphatic carbocycles. The van der Waals surface area contributed by atoms with Gasteiger partial charge in [-0.15, -0.1) is 0 Å². The lowest BCUT2D eigenvalue weighted by molar-refractivity contribution is 0.272. The van der Waals surface area contributed by atoms with Crippen LogP contribution in [0.5, 0.6) is 0 Å². The molecule has 0 radical (unpaired) electrons. The molecule has 24 N–H and O–H groups in total. The molecule has 38 heteroatoms. The zero-order valence-electron chi connectivity index (χ0n) is 19.7. The summed E-state index contributed by atoms with van der Waals surface area (Å²) in [5.74, 6) is 0. The molecule has 0 saturated carbocycles. The van der Waals surface area contributed by atoms with Gasteiger partial charge in [0.2, 0.25) is 0 Å². The first-order valence-corrected chi connectivity index (χ1v) is 17.8. The van der Waals surface area contributed by atoms with Gasteiger partial charge >= 0.3 is 54.8 Å². The molecule has 0 heterocycles. The maximum atomic E-state index is 8.88. The van der Waals surface area contributed by atoms with Crippen molar-refractivity contribution in [1.29, 1.82) is 0 Å². The summed E-state index contributed by atoms with van der Waals surface area (Å²) in [4.78, 5) is 151. The van der Waals surface area contributed by atoms with Crippen molar-refractivity contribution >= 4 is 54.8 Å². The van der Waals surface area contributed by atoms with E-state index in [9.17, 15) is 0 Å². The van der Waals surface area contributed by atoms with Gasteiger partial charge < -0.3 is 118 Å². The van der Waals surface area contributed by atoms with Gasteiger partial charge in [0.15, 0.2) is 0 Å². The third-order valence-corrected chi connectivity index (χ3v) is 0. The van der Waals surface area contributed by atoms with Gasteiger partial charge in [0.25, 0.3) is 0 Å². The molecule has 0 aromatic rings. The molecule has 0 unspecified atom stereocenters. The van der Waals surface area contributed by atoms with Crippen LogP contribution >= 0.6 is 54.8 Å². The fourth-order valence-electron chi connectivity index (χ4n) is 0. The summed E-state index contributed by atoms with van der Waals surface area (Å²) in [6, 6.07) is 0. The van der Waals surface area contributed by atoms with Gasteiger partial charge in [-0.3, -0.25) is 0 Å². The zero-order valence-corrected chi connectivity index (χ0v) is 26.0. The lowest BCUT2D eigenvalue weighted by atomic mass is 11.8. The van der Waals surface area contributed by atoms with Gasteiger partial charge in [-0.25, -0.2) is 32.0 Å². The Labute approximate surface area is 226 Å². The second kappa shape index (κ2) is 35.1. The Balaban J connectivity index is -0.0000000331. The summed E-state index contributed by atoms with van der Waals surface area (Å²) in [5, 5.41) is 21.0. The number of rotatable bonds is 0. The van der Waals surface area contributed by atoms with E-state index in [1.54, 1.807) is 0 Å². The SMILES string of the molecule is CO.CO.CO.O=P(O)(O)O.O=P(O)(O)O.O=P(O)(O)O.O=P(O)(O)O.O=P(O)(O)O.O=P(O)(O)O.O=P(O)(O)O. The number of hydrogen-bond donors (Lipinski definition) is 24. The highest BCUT2D eigenvalue weighted by Gasteiger charge is 2.02. The van der Waals surface area contributed by atoms with Crippen molar-refractivity contribution in [3.8, 4) is 0 Å². The highest BCUT2D eigenvalue weighted by atomic mass is 31.2. The Morgan fingerprint density at radius 1 is 0.195 bits per heavy atom. The molecule has 0 bridgehead atoms.